The largest absolute Gasteiger partial charge is 0.308 e. The third kappa shape index (κ3) is 2.35. The van der Waals surface area contributed by atoms with Gasteiger partial charge in [-0.25, -0.2) is 0 Å². The van der Waals surface area contributed by atoms with E-state index in [0.29, 0.717) is 11.7 Å². The van der Waals surface area contributed by atoms with E-state index in [-0.39, 0.29) is 17.2 Å². The number of fused-ring (bicyclic) bond motifs is 1. The average molecular weight is 283 g/mol. The molecule has 1 fully saturated rings. The van der Waals surface area contributed by atoms with Crippen molar-refractivity contribution in [3.05, 3.63) is 35.9 Å². The normalized spacial score (nSPS) is 22.9. The van der Waals surface area contributed by atoms with Gasteiger partial charge in [-0.2, -0.15) is 5.10 Å². The second-order valence-electron chi connectivity index (χ2n) is 6.68. The fourth-order valence-corrected chi connectivity index (χ4v) is 3.10. The molecule has 1 heterocycles. The standard InChI is InChI=1S/C17H21N3O/c1-10(2)9-12-14(17(12,3)4)16(21)18-15-11-7-5-6-8-13(11)19-20-15/h5-9,12,14H,1-4H3,(H2,18,19,20,21). The molecule has 0 spiro atoms. The lowest BCUT2D eigenvalue weighted by Crippen LogP contribution is -2.17. The number of H-pyrrole nitrogens is 1. The molecule has 1 amide bonds. The number of carbonyl (C=O) groups excluding carboxylic acids is 1. The molecule has 2 aromatic rings. The lowest BCUT2D eigenvalue weighted by molar-refractivity contribution is -0.118. The minimum Gasteiger partial charge on any atom is -0.308 e. The Morgan fingerprint density at radius 3 is 2.76 bits per heavy atom. The molecule has 1 aromatic carbocycles. The summed E-state index contributed by atoms with van der Waals surface area (Å²) in [5.41, 5.74) is 2.21. The van der Waals surface area contributed by atoms with Gasteiger partial charge in [0.25, 0.3) is 0 Å². The first-order valence-electron chi connectivity index (χ1n) is 7.30. The van der Waals surface area contributed by atoms with E-state index in [2.05, 4.69) is 49.3 Å². The van der Waals surface area contributed by atoms with E-state index in [9.17, 15) is 4.79 Å². The summed E-state index contributed by atoms with van der Waals surface area (Å²) in [6, 6.07) is 7.80. The number of para-hydroxylation sites is 1. The Hall–Kier alpha value is -2.10. The fourth-order valence-electron chi connectivity index (χ4n) is 3.10. The quantitative estimate of drug-likeness (QED) is 0.843. The summed E-state index contributed by atoms with van der Waals surface area (Å²) in [7, 11) is 0. The third-order valence-corrected chi connectivity index (χ3v) is 4.42. The zero-order valence-corrected chi connectivity index (χ0v) is 12.9. The van der Waals surface area contributed by atoms with Crippen LogP contribution in [0.25, 0.3) is 10.9 Å². The first-order valence-corrected chi connectivity index (χ1v) is 7.30. The molecule has 2 atom stereocenters. The summed E-state index contributed by atoms with van der Waals surface area (Å²) < 4.78 is 0. The van der Waals surface area contributed by atoms with Crippen molar-refractivity contribution in [1.29, 1.82) is 0 Å². The Morgan fingerprint density at radius 2 is 2.05 bits per heavy atom. The topological polar surface area (TPSA) is 57.8 Å². The number of carbonyl (C=O) groups is 1. The molecule has 3 rings (SSSR count). The smallest absolute Gasteiger partial charge is 0.229 e. The molecule has 2 N–H and O–H groups in total. The number of hydrogen-bond acceptors (Lipinski definition) is 2. The predicted octanol–water partition coefficient (Wildman–Crippen LogP) is 3.74. The molecular weight excluding hydrogens is 262 g/mol. The lowest BCUT2D eigenvalue weighted by atomic mass is 10.1. The molecule has 1 saturated carbocycles. The number of allylic oxidation sites excluding steroid dienone is 2. The van der Waals surface area contributed by atoms with Crippen LogP contribution in [0.15, 0.2) is 35.9 Å². The number of benzene rings is 1. The molecular formula is C17H21N3O. The lowest BCUT2D eigenvalue weighted by Gasteiger charge is -2.03. The SMILES string of the molecule is CC(C)=CC1C(C(=O)Nc2n[nH]c3ccccc23)C1(C)C. The molecule has 1 aliphatic carbocycles. The van der Waals surface area contributed by atoms with Crippen molar-refractivity contribution in [3.63, 3.8) is 0 Å². The maximum absolute atomic E-state index is 12.5. The third-order valence-electron chi connectivity index (χ3n) is 4.42. The summed E-state index contributed by atoms with van der Waals surface area (Å²) in [5.74, 6) is 1.00. The van der Waals surface area contributed by atoms with Crippen LogP contribution in [0.2, 0.25) is 0 Å². The van der Waals surface area contributed by atoms with Crippen LogP contribution in [0.3, 0.4) is 0 Å². The van der Waals surface area contributed by atoms with E-state index < -0.39 is 0 Å². The van der Waals surface area contributed by atoms with Gasteiger partial charge >= 0.3 is 0 Å². The van der Waals surface area contributed by atoms with Gasteiger partial charge in [0.2, 0.25) is 5.91 Å². The highest BCUT2D eigenvalue weighted by molar-refractivity contribution is 6.02. The van der Waals surface area contributed by atoms with Gasteiger partial charge in [0.1, 0.15) is 0 Å². The number of hydrogen-bond donors (Lipinski definition) is 2. The van der Waals surface area contributed by atoms with E-state index in [0.717, 1.165) is 10.9 Å². The number of aromatic amines is 1. The van der Waals surface area contributed by atoms with Gasteiger partial charge in [-0.15, -0.1) is 0 Å². The highest BCUT2D eigenvalue weighted by atomic mass is 16.2. The van der Waals surface area contributed by atoms with Crippen LogP contribution in [0.4, 0.5) is 5.82 Å². The van der Waals surface area contributed by atoms with Crippen LogP contribution in [-0.2, 0) is 4.79 Å². The zero-order chi connectivity index (χ0) is 15.2. The number of rotatable bonds is 3. The van der Waals surface area contributed by atoms with Crippen molar-refractivity contribution >= 4 is 22.6 Å². The average Bonchev–Trinajstić information content (AvgIpc) is 2.78. The minimum absolute atomic E-state index is 0.0165. The Kier molecular flexibility index (Phi) is 3.12. The Bertz CT molecular complexity index is 722. The van der Waals surface area contributed by atoms with E-state index >= 15 is 0 Å². The molecule has 1 aliphatic rings. The summed E-state index contributed by atoms with van der Waals surface area (Å²) in [5, 5.41) is 11.1. The first-order chi connectivity index (χ1) is 9.91. The molecule has 4 nitrogen and oxygen atoms in total. The van der Waals surface area contributed by atoms with Crippen LogP contribution in [0.5, 0.6) is 0 Å². The molecule has 0 aliphatic heterocycles. The number of amides is 1. The molecule has 4 heteroatoms. The van der Waals surface area contributed by atoms with Crippen molar-refractivity contribution in [3.8, 4) is 0 Å². The second-order valence-corrected chi connectivity index (χ2v) is 6.68. The van der Waals surface area contributed by atoms with Crippen molar-refractivity contribution < 1.29 is 4.79 Å². The molecule has 1 aromatic heterocycles. The van der Waals surface area contributed by atoms with Crippen LogP contribution in [-0.4, -0.2) is 16.1 Å². The summed E-state index contributed by atoms with van der Waals surface area (Å²) in [6.45, 7) is 8.43. The van der Waals surface area contributed by atoms with Gasteiger partial charge < -0.3 is 5.32 Å². The maximum Gasteiger partial charge on any atom is 0.229 e. The summed E-state index contributed by atoms with van der Waals surface area (Å²) in [4.78, 5) is 12.5. The molecule has 0 bridgehead atoms. The van der Waals surface area contributed by atoms with Crippen LogP contribution in [0.1, 0.15) is 27.7 Å². The van der Waals surface area contributed by atoms with Gasteiger partial charge in [-0.05, 0) is 37.3 Å². The number of nitrogens with one attached hydrogen (secondary N) is 2. The van der Waals surface area contributed by atoms with Gasteiger partial charge in [0.15, 0.2) is 5.82 Å². The van der Waals surface area contributed by atoms with Crippen LogP contribution in [0, 0.1) is 17.3 Å². The fraction of sp³-hybridized carbons (Fsp3) is 0.412. The van der Waals surface area contributed by atoms with Gasteiger partial charge in [-0.1, -0.05) is 37.6 Å². The highest BCUT2D eigenvalue weighted by Gasteiger charge is 2.60. The van der Waals surface area contributed by atoms with Gasteiger partial charge in [0.05, 0.1) is 11.4 Å². The monoisotopic (exact) mass is 283 g/mol. The Morgan fingerprint density at radius 1 is 1.33 bits per heavy atom. The van der Waals surface area contributed by atoms with Crippen LogP contribution < -0.4 is 5.32 Å². The molecule has 21 heavy (non-hydrogen) atoms. The molecule has 0 saturated heterocycles. The number of anilines is 1. The van der Waals surface area contributed by atoms with Crippen molar-refractivity contribution in [2.24, 2.45) is 17.3 Å². The van der Waals surface area contributed by atoms with E-state index in [1.807, 2.05) is 24.3 Å². The summed E-state index contributed by atoms with van der Waals surface area (Å²) >= 11 is 0. The van der Waals surface area contributed by atoms with E-state index in [4.69, 9.17) is 0 Å². The van der Waals surface area contributed by atoms with Gasteiger partial charge in [-0.3, -0.25) is 9.89 Å². The zero-order valence-electron chi connectivity index (χ0n) is 12.9. The number of aromatic nitrogens is 2. The molecule has 110 valence electrons. The van der Waals surface area contributed by atoms with Gasteiger partial charge in [0, 0.05) is 5.39 Å². The minimum atomic E-state index is 0.0165. The molecule has 0 radical (unpaired) electrons. The summed E-state index contributed by atoms with van der Waals surface area (Å²) in [6.07, 6.45) is 2.20. The van der Waals surface area contributed by atoms with E-state index in [1.165, 1.54) is 5.57 Å². The van der Waals surface area contributed by atoms with Crippen LogP contribution >= 0.6 is 0 Å². The Labute approximate surface area is 124 Å². The number of nitrogens with zero attached hydrogens (tertiary/aromatic N) is 1. The predicted molar refractivity (Wildman–Crippen MR) is 84.9 cm³/mol. The van der Waals surface area contributed by atoms with Crippen molar-refractivity contribution in [1.82, 2.24) is 10.2 Å². The van der Waals surface area contributed by atoms with E-state index in [1.54, 1.807) is 0 Å². The first kappa shape index (κ1) is 13.9. The highest BCUT2D eigenvalue weighted by Crippen LogP contribution is 2.59. The molecule has 2 unspecified atom stereocenters. The van der Waals surface area contributed by atoms with Crippen molar-refractivity contribution in [2.45, 2.75) is 27.7 Å². The second kappa shape index (κ2) is 4.72. The van der Waals surface area contributed by atoms with Crippen molar-refractivity contribution in [2.75, 3.05) is 5.32 Å². The maximum atomic E-state index is 12.5. The Balaban J connectivity index is 1.80.